The predicted molar refractivity (Wildman–Crippen MR) is 82.9 cm³/mol. The Hall–Kier alpha value is -1.05. The number of esters is 1. The van der Waals surface area contributed by atoms with E-state index in [1.54, 1.807) is 18.2 Å². The van der Waals surface area contributed by atoms with Gasteiger partial charge >= 0.3 is 5.97 Å². The van der Waals surface area contributed by atoms with E-state index in [1.807, 2.05) is 13.8 Å². The molecule has 0 aliphatic carbocycles. The van der Waals surface area contributed by atoms with Crippen LogP contribution in [0.5, 0.6) is 0 Å². The first kappa shape index (κ1) is 16.3. The number of ether oxygens (including phenoxy) is 1. The molecule has 116 valence electrons. The Balaban J connectivity index is 2.26. The molecule has 1 atom stereocenters. The molecule has 0 N–H and O–H groups in total. The fraction of sp³-hybridized carbons (Fsp3) is 0.500. The van der Waals surface area contributed by atoms with Gasteiger partial charge in [-0.1, -0.05) is 6.07 Å². The van der Waals surface area contributed by atoms with Crippen LogP contribution in [0.25, 0.3) is 0 Å². The number of sulfonamides is 1. The van der Waals surface area contributed by atoms with Gasteiger partial charge in [-0.15, -0.1) is 11.8 Å². The van der Waals surface area contributed by atoms with E-state index in [4.69, 9.17) is 4.74 Å². The molecule has 0 aromatic heterocycles. The lowest BCUT2D eigenvalue weighted by Crippen LogP contribution is -2.44. The minimum atomic E-state index is -3.56. The molecule has 1 saturated heterocycles. The maximum absolute atomic E-state index is 12.7. The average molecular weight is 329 g/mol. The van der Waals surface area contributed by atoms with E-state index >= 15 is 0 Å². The van der Waals surface area contributed by atoms with Crippen LogP contribution in [0, 0.1) is 13.8 Å². The highest BCUT2D eigenvalue weighted by Crippen LogP contribution is 2.26. The summed E-state index contributed by atoms with van der Waals surface area (Å²) in [5.41, 5.74) is 1.99. The molecular formula is C14H19NO4S2. The minimum Gasteiger partial charge on any atom is -0.468 e. The Morgan fingerprint density at radius 1 is 1.33 bits per heavy atom. The highest BCUT2D eigenvalue weighted by atomic mass is 32.2. The Morgan fingerprint density at radius 2 is 2.05 bits per heavy atom. The van der Waals surface area contributed by atoms with Crippen molar-refractivity contribution in [2.75, 3.05) is 26.0 Å². The van der Waals surface area contributed by atoms with Crippen LogP contribution in [0.1, 0.15) is 11.1 Å². The second-order valence-electron chi connectivity index (χ2n) is 4.99. The highest BCUT2D eigenvalue weighted by molar-refractivity contribution is 8.00. The number of rotatable bonds is 3. The predicted octanol–water partition coefficient (Wildman–Crippen LogP) is 1.58. The van der Waals surface area contributed by atoms with Gasteiger partial charge in [0.15, 0.2) is 0 Å². The topological polar surface area (TPSA) is 63.7 Å². The fourth-order valence-corrected chi connectivity index (χ4v) is 5.02. The molecule has 0 bridgehead atoms. The Bertz CT molecular complexity index is 642. The van der Waals surface area contributed by atoms with E-state index in [0.29, 0.717) is 12.3 Å². The molecule has 2 rings (SSSR count). The van der Waals surface area contributed by atoms with E-state index in [0.717, 1.165) is 11.1 Å². The lowest BCUT2D eigenvalue weighted by atomic mass is 10.1. The number of carbonyl (C=O) groups excluding carboxylic acids is 1. The maximum atomic E-state index is 12.7. The summed E-state index contributed by atoms with van der Waals surface area (Å²) in [4.78, 5) is 11.9. The molecule has 0 saturated carbocycles. The number of hydrogen-bond acceptors (Lipinski definition) is 5. The Labute approximate surface area is 129 Å². The van der Waals surface area contributed by atoms with Gasteiger partial charge in [-0.3, -0.25) is 4.79 Å². The van der Waals surface area contributed by atoms with Crippen LogP contribution in [0.15, 0.2) is 23.1 Å². The molecule has 7 heteroatoms. The minimum absolute atomic E-state index is 0.159. The van der Waals surface area contributed by atoms with E-state index < -0.39 is 15.3 Å². The van der Waals surface area contributed by atoms with Crippen molar-refractivity contribution in [2.24, 2.45) is 0 Å². The molecule has 0 radical (unpaired) electrons. The lowest BCUT2D eigenvalue weighted by molar-refractivity contribution is -0.140. The summed E-state index contributed by atoms with van der Waals surface area (Å²) in [6.07, 6.45) is 0. The average Bonchev–Trinajstić information content (AvgIpc) is 2.49. The van der Waals surface area contributed by atoms with Crippen molar-refractivity contribution in [1.82, 2.24) is 4.31 Å². The van der Waals surface area contributed by atoms with Crippen LogP contribution in [0.4, 0.5) is 0 Å². The van der Waals surface area contributed by atoms with Gasteiger partial charge in [0, 0.05) is 18.8 Å². The van der Waals surface area contributed by atoms with Gasteiger partial charge in [-0.05, 0) is 37.1 Å². The van der Waals surface area contributed by atoms with Gasteiger partial charge in [0.25, 0.3) is 0 Å². The number of methoxy groups -OCH3 is 1. The number of benzene rings is 1. The second kappa shape index (κ2) is 6.37. The van der Waals surface area contributed by atoms with Crippen LogP contribution < -0.4 is 0 Å². The largest absolute Gasteiger partial charge is 0.468 e. The second-order valence-corrected chi connectivity index (χ2v) is 8.24. The summed E-state index contributed by atoms with van der Waals surface area (Å²) in [5.74, 6) is 0.212. The molecule has 1 aliphatic rings. The molecule has 1 heterocycles. The van der Waals surface area contributed by atoms with Gasteiger partial charge in [-0.2, -0.15) is 4.31 Å². The van der Waals surface area contributed by atoms with Crippen LogP contribution >= 0.6 is 11.8 Å². The molecule has 0 unspecified atom stereocenters. The molecule has 5 nitrogen and oxygen atoms in total. The van der Waals surface area contributed by atoms with Crippen molar-refractivity contribution in [3.05, 3.63) is 29.3 Å². The van der Waals surface area contributed by atoms with Gasteiger partial charge < -0.3 is 4.74 Å². The Kier molecular flexibility index (Phi) is 4.95. The fourth-order valence-electron chi connectivity index (χ4n) is 2.14. The monoisotopic (exact) mass is 329 g/mol. The van der Waals surface area contributed by atoms with Crippen molar-refractivity contribution in [1.29, 1.82) is 0 Å². The van der Waals surface area contributed by atoms with Crippen molar-refractivity contribution < 1.29 is 17.9 Å². The van der Waals surface area contributed by atoms with Gasteiger partial charge in [0.05, 0.1) is 12.0 Å². The molecule has 0 amide bonds. The molecular weight excluding hydrogens is 310 g/mol. The maximum Gasteiger partial charge on any atom is 0.320 e. The number of hydrogen-bond donors (Lipinski definition) is 0. The summed E-state index contributed by atoms with van der Waals surface area (Å²) in [6.45, 7) is 4.40. The van der Waals surface area contributed by atoms with Crippen molar-refractivity contribution in [3.8, 4) is 0 Å². The number of thioether (sulfide) groups is 1. The summed E-state index contributed by atoms with van der Waals surface area (Å²) < 4.78 is 31.4. The van der Waals surface area contributed by atoms with Crippen molar-refractivity contribution in [3.63, 3.8) is 0 Å². The SMILES string of the molecule is COC(=O)[C@H]1CN(S(=O)(=O)c2ccc(C)c(C)c2)CCS1. The van der Waals surface area contributed by atoms with Gasteiger partial charge in [0.2, 0.25) is 10.0 Å². The normalized spacial score (nSPS) is 20.2. The first-order valence-electron chi connectivity index (χ1n) is 6.63. The van der Waals surface area contributed by atoms with Crippen LogP contribution in [0.3, 0.4) is 0 Å². The van der Waals surface area contributed by atoms with E-state index in [-0.39, 0.29) is 17.4 Å². The zero-order valence-corrected chi connectivity index (χ0v) is 14.0. The number of aryl methyl sites for hydroxylation is 2. The van der Waals surface area contributed by atoms with Crippen LogP contribution in [-0.2, 0) is 19.6 Å². The standard InChI is InChI=1S/C14H19NO4S2/c1-10-4-5-12(8-11(10)2)21(17,18)15-6-7-20-13(9-15)14(16)19-3/h4-5,8,13H,6-7,9H2,1-3H3/t13-/m1/s1. The third-order valence-corrected chi connectivity index (χ3v) is 6.63. The number of nitrogens with zero attached hydrogens (tertiary/aromatic N) is 1. The third-order valence-electron chi connectivity index (χ3n) is 3.61. The molecule has 21 heavy (non-hydrogen) atoms. The zero-order chi connectivity index (χ0) is 15.6. The lowest BCUT2D eigenvalue weighted by Gasteiger charge is -2.30. The summed E-state index contributed by atoms with van der Waals surface area (Å²) in [6, 6.07) is 5.10. The molecule has 0 spiro atoms. The molecule has 1 aromatic carbocycles. The van der Waals surface area contributed by atoms with Crippen molar-refractivity contribution in [2.45, 2.75) is 24.0 Å². The smallest absolute Gasteiger partial charge is 0.320 e. The zero-order valence-electron chi connectivity index (χ0n) is 12.3. The van der Waals surface area contributed by atoms with E-state index in [2.05, 4.69) is 0 Å². The van der Waals surface area contributed by atoms with E-state index in [9.17, 15) is 13.2 Å². The molecule has 1 aromatic rings. The van der Waals surface area contributed by atoms with Crippen molar-refractivity contribution >= 4 is 27.8 Å². The molecule has 1 fully saturated rings. The Morgan fingerprint density at radius 3 is 2.67 bits per heavy atom. The summed E-state index contributed by atoms with van der Waals surface area (Å²) in [5, 5.41) is -0.454. The highest BCUT2D eigenvalue weighted by Gasteiger charge is 2.34. The molecule has 1 aliphatic heterocycles. The first-order valence-corrected chi connectivity index (χ1v) is 9.12. The van der Waals surface area contributed by atoms with Crippen LogP contribution in [-0.4, -0.2) is 49.9 Å². The van der Waals surface area contributed by atoms with Crippen LogP contribution in [0.2, 0.25) is 0 Å². The number of carbonyl (C=O) groups is 1. The first-order chi connectivity index (χ1) is 9.86. The van der Waals surface area contributed by atoms with Gasteiger partial charge in [-0.25, -0.2) is 8.42 Å². The summed E-state index contributed by atoms with van der Waals surface area (Å²) >= 11 is 1.44. The quantitative estimate of drug-likeness (QED) is 0.788. The van der Waals surface area contributed by atoms with E-state index in [1.165, 1.54) is 23.2 Å². The summed E-state index contributed by atoms with van der Waals surface area (Å²) in [7, 11) is -2.24. The van der Waals surface area contributed by atoms with Gasteiger partial charge in [0.1, 0.15) is 5.25 Å². The third kappa shape index (κ3) is 3.41.